The molecule has 11 nitrogen and oxygen atoms in total. The van der Waals surface area contributed by atoms with Crippen molar-refractivity contribution in [3.05, 3.63) is 60.8 Å². The second-order valence-electron chi connectivity index (χ2n) is 17.7. The van der Waals surface area contributed by atoms with Crippen LogP contribution in [0, 0.1) is 0 Å². The number of esters is 1. The highest BCUT2D eigenvalue weighted by Crippen LogP contribution is 2.43. The van der Waals surface area contributed by atoms with E-state index in [0.717, 1.165) is 57.8 Å². The van der Waals surface area contributed by atoms with Crippen molar-refractivity contribution in [3.8, 4) is 0 Å². The van der Waals surface area contributed by atoms with E-state index in [4.69, 9.17) is 13.8 Å². The van der Waals surface area contributed by atoms with Gasteiger partial charge in [-0.25, -0.2) is 9.36 Å². The minimum atomic E-state index is -4.77. The fourth-order valence-corrected chi connectivity index (χ4v) is 7.95. The number of aliphatic hydroxyl groups is 1. The van der Waals surface area contributed by atoms with Crippen molar-refractivity contribution in [3.63, 3.8) is 0 Å². The first-order valence-corrected chi connectivity index (χ1v) is 27.8. The van der Waals surface area contributed by atoms with Gasteiger partial charge in [0, 0.05) is 12.8 Å². The lowest BCUT2D eigenvalue weighted by molar-refractivity contribution is -0.147. The Kier molecular flexibility index (Phi) is 46.6. The summed E-state index contributed by atoms with van der Waals surface area (Å²) in [5, 5.41) is 21.9. The topological polar surface area (TPSA) is 169 Å². The summed E-state index contributed by atoms with van der Waals surface area (Å²) in [7, 11) is -4.77. The maximum atomic E-state index is 12.3. The minimum Gasteiger partial charge on any atom is -0.480 e. The Labute approximate surface area is 402 Å². The number of unbranched alkanes of at least 4 members (excludes halogenated alkanes) is 25. The second-order valence-corrected chi connectivity index (χ2v) is 19.2. The zero-order chi connectivity index (χ0) is 48.4. The molecule has 4 N–H and O–H groups in total. The molecule has 0 bridgehead atoms. The van der Waals surface area contributed by atoms with Crippen LogP contribution in [0.1, 0.15) is 232 Å². The highest BCUT2D eigenvalue weighted by atomic mass is 31.2. The first-order valence-electron chi connectivity index (χ1n) is 26.3. The van der Waals surface area contributed by atoms with Crippen LogP contribution in [0.3, 0.4) is 0 Å². The van der Waals surface area contributed by atoms with E-state index in [2.05, 4.69) is 79.9 Å². The Bertz CT molecular complexity index is 1350. The summed E-state index contributed by atoms with van der Waals surface area (Å²) >= 11 is 0. The van der Waals surface area contributed by atoms with Gasteiger partial charge in [-0.2, -0.15) is 0 Å². The first-order chi connectivity index (χ1) is 32.1. The van der Waals surface area contributed by atoms with Crippen LogP contribution in [0.4, 0.5) is 0 Å². The molecule has 0 rings (SSSR count). The molecule has 0 heterocycles. The number of hydrogen-bond donors (Lipinski definition) is 4. The second kappa shape index (κ2) is 48.6. The average Bonchev–Trinajstić information content (AvgIpc) is 3.29. The van der Waals surface area contributed by atoms with Crippen LogP contribution in [0.15, 0.2) is 60.8 Å². The first kappa shape index (κ1) is 63.2. The number of carbonyl (C=O) groups is 3. The standard InChI is InChI=1S/C54H96NO10P/c1-3-5-7-9-11-13-15-17-19-21-23-24-25-26-28-30-32-34-36-38-40-42-44-46-53(58)63-47-50(56)48-64-66(61,62)65-49-51(54(59)60)55-52(57)45-43-41-39-37-35-33-31-29-27-22-20-18-16-14-12-10-8-6-4-2/h12,14,17-20,27,29,33,35,50-51,56H,3-11,13,15-16,21-26,28,30-32,34,36-49H2,1-2H3,(H,55,57)(H,59,60)(H,61,62)/b14-12-,19-17+,20-18-,29-27-,35-33-. The quantitative estimate of drug-likeness (QED) is 0.0199. The molecule has 0 saturated heterocycles. The number of aliphatic carboxylic acids is 1. The van der Waals surface area contributed by atoms with Crippen molar-refractivity contribution >= 4 is 25.7 Å². The number of carboxylic acids is 1. The molecule has 0 radical (unpaired) electrons. The summed E-state index contributed by atoms with van der Waals surface area (Å²) in [6.45, 7) is 2.57. The Morgan fingerprint density at radius 2 is 0.833 bits per heavy atom. The number of hydrogen-bond acceptors (Lipinski definition) is 8. The molecule has 0 spiro atoms. The van der Waals surface area contributed by atoms with Crippen LogP contribution in [0.2, 0.25) is 0 Å². The predicted octanol–water partition coefficient (Wildman–Crippen LogP) is 14.7. The number of rotatable bonds is 49. The molecule has 3 atom stereocenters. The molecule has 3 unspecified atom stereocenters. The molecule has 0 saturated carbocycles. The maximum Gasteiger partial charge on any atom is 0.472 e. The number of ether oxygens (including phenoxy) is 1. The van der Waals surface area contributed by atoms with Crippen LogP contribution < -0.4 is 5.32 Å². The third kappa shape index (κ3) is 47.7. The van der Waals surface area contributed by atoms with Crippen molar-refractivity contribution < 1.29 is 47.8 Å². The van der Waals surface area contributed by atoms with E-state index < -0.39 is 57.6 Å². The molecular formula is C54H96NO10P. The van der Waals surface area contributed by atoms with Gasteiger partial charge in [0.2, 0.25) is 5.91 Å². The number of aliphatic hydroxyl groups excluding tert-OH is 1. The van der Waals surface area contributed by atoms with Crippen LogP contribution in [0.25, 0.3) is 0 Å². The van der Waals surface area contributed by atoms with Gasteiger partial charge in [0.15, 0.2) is 6.04 Å². The van der Waals surface area contributed by atoms with Gasteiger partial charge in [0.05, 0.1) is 13.2 Å². The molecule has 382 valence electrons. The number of carboxylic acid groups (broad SMARTS) is 1. The van der Waals surface area contributed by atoms with Gasteiger partial charge in [-0.1, -0.05) is 197 Å². The van der Waals surface area contributed by atoms with Gasteiger partial charge < -0.3 is 25.2 Å². The largest absolute Gasteiger partial charge is 0.480 e. The molecule has 66 heavy (non-hydrogen) atoms. The SMILES string of the molecule is CCCCC/C=C\C/C=C\C/C=C\C/C=C\CCCCCC(=O)NC(COP(=O)(O)OCC(O)COC(=O)CCCCCCCCCCCCCCC/C=C/CCCCCCCC)C(=O)O. The van der Waals surface area contributed by atoms with E-state index >= 15 is 0 Å². The number of nitrogens with one attached hydrogen (secondary N) is 1. The maximum absolute atomic E-state index is 12.3. The smallest absolute Gasteiger partial charge is 0.472 e. The summed E-state index contributed by atoms with van der Waals surface area (Å²) in [6.07, 6.45) is 58.2. The average molecular weight is 950 g/mol. The van der Waals surface area contributed by atoms with Gasteiger partial charge in [0.1, 0.15) is 12.7 Å². The normalized spacial score (nSPS) is 14.0. The summed E-state index contributed by atoms with van der Waals surface area (Å²) in [5.74, 6) is -2.41. The monoisotopic (exact) mass is 950 g/mol. The molecule has 0 aromatic rings. The molecule has 0 aliphatic rings. The van der Waals surface area contributed by atoms with Crippen LogP contribution in [-0.2, 0) is 32.7 Å². The van der Waals surface area contributed by atoms with Gasteiger partial charge in [0.25, 0.3) is 0 Å². The fourth-order valence-electron chi connectivity index (χ4n) is 7.18. The molecule has 0 aromatic carbocycles. The molecular weight excluding hydrogens is 854 g/mol. The third-order valence-corrected chi connectivity index (χ3v) is 12.2. The number of amides is 1. The van der Waals surface area contributed by atoms with Gasteiger partial charge in [-0.05, 0) is 83.5 Å². The molecule has 0 aliphatic carbocycles. The van der Waals surface area contributed by atoms with E-state index in [9.17, 15) is 34.1 Å². The highest BCUT2D eigenvalue weighted by Gasteiger charge is 2.28. The number of phosphoric acid groups is 1. The summed E-state index contributed by atoms with van der Waals surface area (Å²) < 4.78 is 27.0. The van der Waals surface area contributed by atoms with E-state index in [1.807, 2.05) is 0 Å². The molecule has 0 aliphatic heterocycles. The molecule has 1 amide bonds. The van der Waals surface area contributed by atoms with Gasteiger partial charge in [-0.15, -0.1) is 0 Å². The minimum absolute atomic E-state index is 0.106. The van der Waals surface area contributed by atoms with Gasteiger partial charge >= 0.3 is 19.8 Å². The summed E-state index contributed by atoms with van der Waals surface area (Å²) in [6, 6.07) is -1.57. The Morgan fingerprint density at radius 1 is 0.485 bits per heavy atom. The van der Waals surface area contributed by atoms with Crippen molar-refractivity contribution in [1.82, 2.24) is 5.32 Å². The molecule has 12 heteroatoms. The van der Waals surface area contributed by atoms with Crippen molar-refractivity contribution in [1.29, 1.82) is 0 Å². The lowest BCUT2D eigenvalue weighted by Gasteiger charge is -2.18. The summed E-state index contributed by atoms with van der Waals surface area (Å²) in [4.78, 5) is 46.1. The Morgan fingerprint density at radius 3 is 1.30 bits per heavy atom. The Hall–Kier alpha value is -2.82. The molecule has 0 fully saturated rings. The summed E-state index contributed by atoms with van der Waals surface area (Å²) in [5.41, 5.74) is 0. The lowest BCUT2D eigenvalue weighted by Crippen LogP contribution is -2.43. The van der Waals surface area contributed by atoms with Crippen LogP contribution in [0.5, 0.6) is 0 Å². The van der Waals surface area contributed by atoms with Crippen molar-refractivity contribution in [2.24, 2.45) is 0 Å². The lowest BCUT2D eigenvalue weighted by atomic mass is 10.0. The number of allylic oxidation sites excluding steroid dienone is 10. The van der Waals surface area contributed by atoms with E-state index in [-0.39, 0.29) is 12.8 Å². The van der Waals surface area contributed by atoms with E-state index in [1.54, 1.807) is 0 Å². The zero-order valence-corrected chi connectivity index (χ0v) is 42.6. The fraction of sp³-hybridized carbons (Fsp3) is 0.759. The van der Waals surface area contributed by atoms with Crippen LogP contribution in [-0.4, -0.2) is 64.9 Å². The number of phosphoric ester groups is 1. The van der Waals surface area contributed by atoms with Crippen molar-refractivity contribution in [2.45, 2.75) is 244 Å². The number of carbonyl (C=O) groups excluding carboxylic acids is 2. The third-order valence-electron chi connectivity index (χ3n) is 11.3. The van der Waals surface area contributed by atoms with Gasteiger partial charge in [-0.3, -0.25) is 18.6 Å². The highest BCUT2D eigenvalue weighted by molar-refractivity contribution is 7.47. The van der Waals surface area contributed by atoms with E-state index in [1.165, 1.54) is 135 Å². The van der Waals surface area contributed by atoms with Crippen molar-refractivity contribution in [2.75, 3.05) is 19.8 Å². The van der Waals surface area contributed by atoms with Crippen LogP contribution >= 0.6 is 7.82 Å². The Balaban J connectivity index is 3.85. The van der Waals surface area contributed by atoms with E-state index in [0.29, 0.717) is 12.8 Å². The predicted molar refractivity (Wildman–Crippen MR) is 272 cm³/mol. The molecule has 0 aromatic heterocycles. The zero-order valence-electron chi connectivity index (χ0n) is 41.7.